The van der Waals surface area contributed by atoms with Gasteiger partial charge in [-0.05, 0) is 73.9 Å². The van der Waals surface area contributed by atoms with E-state index in [1.807, 2.05) is 19.1 Å². The molecule has 0 aliphatic heterocycles. The number of ether oxygens (including phenoxy) is 1. The van der Waals surface area contributed by atoms with Crippen molar-refractivity contribution in [1.29, 1.82) is 0 Å². The van der Waals surface area contributed by atoms with Crippen LogP contribution < -0.4 is 10.4 Å². The fraction of sp³-hybridized carbons (Fsp3) is 0.192. The van der Waals surface area contributed by atoms with Gasteiger partial charge in [0.15, 0.2) is 0 Å². The van der Waals surface area contributed by atoms with Crippen LogP contribution in [0.25, 0.3) is 32.8 Å². The SMILES string of the molecule is Cc1cc(=O)oc2cc(OCCCCn3c4ccc(Br)cc4c4cc(Br)ccc43)ccc12. The van der Waals surface area contributed by atoms with E-state index in [-0.39, 0.29) is 5.63 Å². The fourth-order valence-corrected chi connectivity index (χ4v) is 4.97. The maximum absolute atomic E-state index is 11.6. The highest BCUT2D eigenvalue weighted by atomic mass is 79.9. The minimum Gasteiger partial charge on any atom is -0.493 e. The van der Waals surface area contributed by atoms with E-state index in [0.717, 1.165) is 45.0 Å². The highest BCUT2D eigenvalue weighted by Gasteiger charge is 2.11. The van der Waals surface area contributed by atoms with Crippen LogP contribution >= 0.6 is 31.9 Å². The van der Waals surface area contributed by atoms with Gasteiger partial charge in [0.25, 0.3) is 0 Å². The first-order valence-electron chi connectivity index (χ1n) is 10.5. The molecule has 0 saturated heterocycles. The molecule has 3 aromatic carbocycles. The molecule has 2 heterocycles. The van der Waals surface area contributed by atoms with Crippen molar-refractivity contribution < 1.29 is 9.15 Å². The van der Waals surface area contributed by atoms with Gasteiger partial charge in [0.1, 0.15) is 11.3 Å². The zero-order chi connectivity index (χ0) is 22.2. The number of aryl methyl sites for hydroxylation is 2. The number of nitrogens with zero attached hydrogens (tertiary/aromatic N) is 1. The van der Waals surface area contributed by atoms with Gasteiger partial charge in [0.05, 0.1) is 6.61 Å². The van der Waals surface area contributed by atoms with Crippen molar-refractivity contribution in [2.75, 3.05) is 6.61 Å². The van der Waals surface area contributed by atoms with E-state index < -0.39 is 0 Å². The quantitative estimate of drug-likeness (QED) is 0.160. The summed E-state index contributed by atoms with van der Waals surface area (Å²) < 4.78 is 15.8. The summed E-state index contributed by atoms with van der Waals surface area (Å²) in [6.07, 6.45) is 1.91. The van der Waals surface area contributed by atoms with Crippen LogP contribution in [0.2, 0.25) is 0 Å². The third kappa shape index (κ3) is 4.09. The molecule has 4 nitrogen and oxygen atoms in total. The minimum atomic E-state index is -0.336. The standard InChI is InChI=1S/C26H21Br2NO3/c1-16-12-26(30)32-25-15-19(6-7-20(16)25)31-11-3-2-10-29-23-8-4-17(27)13-21(23)22-14-18(28)5-9-24(22)29/h4-9,12-15H,2-3,10-11H2,1H3. The molecule has 162 valence electrons. The Kier molecular flexibility index (Phi) is 5.82. The highest BCUT2D eigenvalue weighted by Crippen LogP contribution is 2.33. The van der Waals surface area contributed by atoms with Crippen molar-refractivity contribution in [2.45, 2.75) is 26.3 Å². The number of halogens is 2. The summed E-state index contributed by atoms with van der Waals surface area (Å²) in [4.78, 5) is 11.6. The van der Waals surface area contributed by atoms with Gasteiger partial charge in [-0.2, -0.15) is 0 Å². The van der Waals surface area contributed by atoms with Crippen molar-refractivity contribution in [3.8, 4) is 5.75 Å². The number of aromatic nitrogens is 1. The Morgan fingerprint density at radius 2 is 1.53 bits per heavy atom. The summed E-state index contributed by atoms with van der Waals surface area (Å²) in [5.41, 5.74) is 3.62. The zero-order valence-corrected chi connectivity index (χ0v) is 20.7. The molecule has 0 saturated carbocycles. The van der Waals surface area contributed by atoms with E-state index in [1.165, 1.54) is 27.9 Å². The van der Waals surface area contributed by atoms with Crippen LogP contribution in [-0.4, -0.2) is 11.2 Å². The molecule has 0 aliphatic rings. The average Bonchev–Trinajstić information content (AvgIpc) is 3.05. The Hall–Kier alpha value is -2.57. The van der Waals surface area contributed by atoms with Crippen molar-refractivity contribution in [3.63, 3.8) is 0 Å². The lowest BCUT2D eigenvalue weighted by atomic mass is 10.1. The Balaban J connectivity index is 1.29. The average molecular weight is 555 g/mol. The lowest BCUT2D eigenvalue weighted by Gasteiger charge is -2.10. The van der Waals surface area contributed by atoms with Gasteiger partial charge in [-0.15, -0.1) is 0 Å². The first-order chi connectivity index (χ1) is 15.5. The summed E-state index contributed by atoms with van der Waals surface area (Å²) in [5, 5.41) is 3.43. The monoisotopic (exact) mass is 553 g/mol. The molecule has 0 bridgehead atoms. The molecular formula is C26H21Br2NO3. The summed E-state index contributed by atoms with van der Waals surface area (Å²) in [6.45, 7) is 3.43. The number of unbranched alkanes of at least 4 members (excludes halogenated alkanes) is 1. The number of hydrogen-bond acceptors (Lipinski definition) is 3. The lowest BCUT2D eigenvalue weighted by molar-refractivity contribution is 0.304. The van der Waals surface area contributed by atoms with E-state index in [4.69, 9.17) is 9.15 Å². The summed E-state index contributed by atoms with van der Waals surface area (Å²) >= 11 is 7.21. The van der Waals surface area contributed by atoms with Crippen LogP contribution in [0, 0.1) is 6.92 Å². The van der Waals surface area contributed by atoms with Crippen molar-refractivity contribution >= 4 is 64.6 Å². The second-order valence-electron chi connectivity index (χ2n) is 7.94. The zero-order valence-electron chi connectivity index (χ0n) is 17.5. The largest absolute Gasteiger partial charge is 0.493 e. The Labute approximate surface area is 202 Å². The minimum absolute atomic E-state index is 0.336. The highest BCUT2D eigenvalue weighted by molar-refractivity contribution is 9.10. The molecule has 6 heteroatoms. The maximum atomic E-state index is 11.6. The van der Waals surface area contributed by atoms with Crippen molar-refractivity contribution in [3.05, 3.63) is 85.6 Å². The van der Waals surface area contributed by atoms with Crippen molar-refractivity contribution in [1.82, 2.24) is 4.57 Å². The fourth-order valence-electron chi connectivity index (χ4n) is 4.25. The van der Waals surface area contributed by atoms with Crippen LogP contribution in [0.15, 0.2) is 78.8 Å². The smallest absolute Gasteiger partial charge is 0.336 e. The molecule has 0 atom stereocenters. The maximum Gasteiger partial charge on any atom is 0.336 e. The third-order valence-corrected chi connectivity index (χ3v) is 6.74. The van der Waals surface area contributed by atoms with Crippen molar-refractivity contribution in [2.24, 2.45) is 0 Å². The number of rotatable bonds is 6. The van der Waals surface area contributed by atoms with E-state index in [0.29, 0.717) is 12.2 Å². The Morgan fingerprint density at radius 1 is 0.844 bits per heavy atom. The predicted molar refractivity (Wildman–Crippen MR) is 137 cm³/mol. The summed E-state index contributed by atoms with van der Waals surface area (Å²) in [6, 6.07) is 20.1. The molecule has 0 fully saturated rings. The Bertz CT molecular complexity index is 1460. The molecule has 0 aliphatic carbocycles. The number of hydrogen-bond donors (Lipinski definition) is 0. The molecule has 0 radical (unpaired) electrons. The van der Waals surface area contributed by atoms with E-state index in [9.17, 15) is 4.79 Å². The lowest BCUT2D eigenvalue weighted by Crippen LogP contribution is -2.03. The van der Waals surface area contributed by atoms with Gasteiger partial charge in [-0.1, -0.05) is 31.9 Å². The van der Waals surface area contributed by atoms with Gasteiger partial charge in [-0.25, -0.2) is 4.79 Å². The van der Waals surface area contributed by atoms with Gasteiger partial charge in [0, 0.05) is 54.8 Å². The van der Waals surface area contributed by atoms with Crippen LogP contribution in [0.3, 0.4) is 0 Å². The Morgan fingerprint density at radius 3 is 2.22 bits per heavy atom. The normalized spacial score (nSPS) is 11.6. The van der Waals surface area contributed by atoms with Gasteiger partial charge >= 0.3 is 5.63 Å². The van der Waals surface area contributed by atoms with Crippen LogP contribution in [-0.2, 0) is 6.54 Å². The van der Waals surface area contributed by atoms with E-state index in [1.54, 1.807) is 6.07 Å². The first kappa shape index (κ1) is 21.3. The molecule has 0 N–H and O–H groups in total. The first-order valence-corrected chi connectivity index (χ1v) is 12.1. The number of fused-ring (bicyclic) bond motifs is 4. The molecule has 32 heavy (non-hydrogen) atoms. The topological polar surface area (TPSA) is 44.4 Å². The molecule has 0 unspecified atom stereocenters. The van der Waals surface area contributed by atoms with Gasteiger partial charge in [0.2, 0.25) is 0 Å². The van der Waals surface area contributed by atoms with Gasteiger partial charge < -0.3 is 13.7 Å². The second-order valence-corrected chi connectivity index (χ2v) is 9.77. The van der Waals surface area contributed by atoms with Gasteiger partial charge in [-0.3, -0.25) is 0 Å². The molecule has 2 aromatic heterocycles. The van der Waals surface area contributed by atoms with Crippen LogP contribution in [0.4, 0.5) is 0 Å². The molecule has 0 spiro atoms. The molecule has 5 aromatic rings. The second kappa shape index (κ2) is 8.75. The van der Waals surface area contributed by atoms with E-state index >= 15 is 0 Å². The predicted octanol–water partition coefficient (Wildman–Crippen LogP) is 7.59. The summed E-state index contributed by atoms with van der Waals surface area (Å²) in [7, 11) is 0. The van der Waals surface area contributed by atoms with Crippen LogP contribution in [0.5, 0.6) is 5.75 Å². The number of benzene rings is 3. The molecular weight excluding hydrogens is 534 g/mol. The van der Waals surface area contributed by atoms with Crippen LogP contribution in [0.1, 0.15) is 18.4 Å². The molecule has 5 rings (SSSR count). The molecule has 0 amide bonds. The van der Waals surface area contributed by atoms with E-state index in [2.05, 4.69) is 72.8 Å². The summed E-state index contributed by atoms with van der Waals surface area (Å²) in [5.74, 6) is 0.720. The third-order valence-electron chi connectivity index (χ3n) is 5.76.